The van der Waals surface area contributed by atoms with E-state index in [-0.39, 0.29) is 11.9 Å². The van der Waals surface area contributed by atoms with E-state index in [9.17, 15) is 4.79 Å². The van der Waals surface area contributed by atoms with Gasteiger partial charge in [-0.3, -0.25) is 9.78 Å². The summed E-state index contributed by atoms with van der Waals surface area (Å²) in [5.74, 6) is -0.0262. The number of rotatable bonds is 5. The smallest absolute Gasteiger partial charge is 0.252 e. The zero-order valence-electron chi connectivity index (χ0n) is 15.0. The zero-order chi connectivity index (χ0) is 17.8. The van der Waals surface area contributed by atoms with Crippen molar-refractivity contribution in [2.45, 2.75) is 39.7 Å². The van der Waals surface area contributed by atoms with Gasteiger partial charge in [-0.25, -0.2) is 0 Å². The summed E-state index contributed by atoms with van der Waals surface area (Å²) in [6, 6.07) is 18.3. The maximum Gasteiger partial charge on any atom is 0.252 e. The molecule has 0 radical (unpaired) electrons. The number of fused-ring (bicyclic) bond motifs is 1. The predicted octanol–water partition coefficient (Wildman–Crippen LogP) is 4.60. The van der Waals surface area contributed by atoms with Crippen molar-refractivity contribution in [1.29, 1.82) is 0 Å². The van der Waals surface area contributed by atoms with E-state index in [0.29, 0.717) is 5.56 Å². The minimum Gasteiger partial charge on any atom is -0.350 e. The second-order valence-corrected chi connectivity index (χ2v) is 6.68. The number of aryl methyl sites for hydroxylation is 3. The number of aromatic nitrogens is 1. The Kier molecular flexibility index (Phi) is 5.13. The number of pyridine rings is 1. The fourth-order valence-corrected chi connectivity index (χ4v) is 3.11. The van der Waals surface area contributed by atoms with Gasteiger partial charge < -0.3 is 5.32 Å². The standard InChI is InChI=1S/C22H24N2O/c1-15-8-7-11-19-20(14-17(3)23-21(15)19)22(25)24-16(2)12-13-18-9-5-4-6-10-18/h4-11,14,16H,12-13H2,1-3H3,(H,24,25)/t16-/m1/s1. The lowest BCUT2D eigenvalue weighted by Gasteiger charge is -2.15. The van der Waals surface area contributed by atoms with E-state index in [1.165, 1.54) is 5.56 Å². The van der Waals surface area contributed by atoms with Gasteiger partial charge >= 0.3 is 0 Å². The molecule has 1 N–H and O–H groups in total. The molecule has 2 aromatic carbocycles. The summed E-state index contributed by atoms with van der Waals surface area (Å²) >= 11 is 0. The number of nitrogens with zero attached hydrogens (tertiary/aromatic N) is 1. The van der Waals surface area contributed by atoms with Crippen LogP contribution in [0, 0.1) is 13.8 Å². The number of benzene rings is 2. The summed E-state index contributed by atoms with van der Waals surface area (Å²) in [6.45, 7) is 6.02. The van der Waals surface area contributed by atoms with Gasteiger partial charge in [-0.05, 0) is 50.8 Å². The molecule has 0 saturated carbocycles. The number of carbonyl (C=O) groups is 1. The summed E-state index contributed by atoms with van der Waals surface area (Å²) < 4.78 is 0. The first-order chi connectivity index (χ1) is 12.0. The Balaban J connectivity index is 1.75. The summed E-state index contributed by atoms with van der Waals surface area (Å²) in [7, 11) is 0. The second-order valence-electron chi connectivity index (χ2n) is 6.68. The number of hydrogen-bond donors (Lipinski definition) is 1. The largest absolute Gasteiger partial charge is 0.350 e. The van der Waals surface area contributed by atoms with E-state index < -0.39 is 0 Å². The van der Waals surface area contributed by atoms with Gasteiger partial charge in [-0.15, -0.1) is 0 Å². The van der Waals surface area contributed by atoms with Crippen molar-refractivity contribution in [3.63, 3.8) is 0 Å². The normalized spacial score (nSPS) is 12.1. The summed E-state index contributed by atoms with van der Waals surface area (Å²) in [5, 5.41) is 4.05. The van der Waals surface area contributed by atoms with Gasteiger partial charge in [0.25, 0.3) is 5.91 Å². The number of nitrogens with one attached hydrogen (secondary N) is 1. The predicted molar refractivity (Wildman–Crippen MR) is 103 cm³/mol. The molecule has 3 rings (SSSR count). The highest BCUT2D eigenvalue weighted by atomic mass is 16.1. The van der Waals surface area contributed by atoms with E-state index in [2.05, 4.69) is 29.4 Å². The minimum absolute atomic E-state index is 0.0262. The number of hydrogen-bond acceptors (Lipinski definition) is 2. The van der Waals surface area contributed by atoms with Crippen LogP contribution in [0.25, 0.3) is 10.9 Å². The molecule has 0 aliphatic heterocycles. The zero-order valence-corrected chi connectivity index (χ0v) is 15.0. The Hall–Kier alpha value is -2.68. The Morgan fingerprint density at radius 1 is 1.08 bits per heavy atom. The number of para-hydroxylation sites is 1. The highest BCUT2D eigenvalue weighted by Crippen LogP contribution is 2.21. The Labute approximate surface area is 149 Å². The van der Waals surface area contributed by atoms with Crippen molar-refractivity contribution in [2.24, 2.45) is 0 Å². The van der Waals surface area contributed by atoms with E-state index in [0.717, 1.165) is 35.0 Å². The molecule has 0 aliphatic rings. The van der Waals surface area contributed by atoms with E-state index in [1.807, 2.05) is 56.3 Å². The number of carbonyl (C=O) groups excluding carboxylic acids is 1. The summed E-state index contributed by atoms with van der Waals surface area (Å²) in [5.41, 5.74) is 4.86. The first-order valence-electron chi connectivity index (χ1n) is 8.76. The highest BCUT2D eigenvalue weighted by Gasteiger charge is 2.15. The molecule has 3 heteroatoms. The fourth-order valence-electron chi connectivity index (χ4n) is 3.11. The van der Waals surface area contributed by atoms with Crippen molar-refractivity contribution in [1.82, 2.24) is 10.3 Å². The molecule has 1 aromatic heterocycles. The molecule has 128 valence electrons. The molecule has 0 aliphatic carbocycles. The maximum atomic E-state index is 12.8. The van der Waals surface area contributed by atoms with Gasteiger partial charge in [0.05, 0.1) is 11.1 Å². The molecular formula is C22H24N2O. The maximum absolute atomic E-state index is 12.8. The third-order valence-corrected chi connectivity index (χ3v) is 4.50. The van der Waals surface area contributed by atoms with Crippen LogP contribution >= 0.6 is 0 Å². The summed E-state index contributed by atoms with van der Waals surface area (Å²) in [6.07, 6.45) is 1.87. The molecule has 0 spiro atoms. The van der Waals surface area contributed by atoms with Crippen molar-refractivity contribution < 1.29 is 4.79 Å². The first kappa shape index (κ1) is 17.2. The molecule has 3 aromatic rings. The minimum atomic E-state index is -0.0262. The Morgan fingerprint density at radius 2 is 1.84 bits per heavy atom. The average Bonchev–Trinajstić information content (AvgIpc) is 2.61. The molecule has 25 heavy (non-hydrogen) atoms. The lowest BCUT2D eigenvalue weighted by molar-refractivity contribution is 0.0940. The van der Waals surface area contributed by atoms with Crippen LogP contribution in [0.3, 0.4) is 0 Å². The van der Waals surface area contributed by atoms with Crippen LogP contribution in [0.1, 0.15) is 40.5 Å². The van der Waals surface area contributed by atoms with E-state index in [1.54, 1.807) is 0 Å². The lowest BCUT2D eigenvalue weighted by Crippen LogP contribution is -2.33. The molecule has 1 atom stereocenters. The molecule has 0 bridgehead atoms. The van der Waals surface area contributed by atoms with Crippen molar-refractivity contribution in [3.8, 4) is 0 Å². The van der Waals surface area contributed by atoms with Gasteiger partial charge in [-0.1, -0.05) is 48.5 Å². The van der Waals surface area contributed by atoms with Gasteiger partial charge in [0.2, 0.25) is 0 Å². The Morgan fingerprint density at radius 3 is 2.60 bits per heavy atom. The third-order valence-electron chi connectivity index (χ3n) is 4.50. The summed E-state index contributed by atoms with van der Waals surface area (Å²) in [4.78, 5) is 17.4. The van der Waals surface area contributed by atoms with Crippen LogP contribution in [0.2, 0.25) is 0 Å². The molecule has 0 unspecified atom stereocenters. The van der Waals surface area contributed by atoms with Crippen LogP contribution in [0.5, 0.6) is 0 Å². The molecule has 1 heterocycles. The Bertz CT molecular complexity index is 887. The topological polar surface area (TPSA) is 42.0 Å². The first-order valence-corrected chi connectivity index (χ1v) is 8.76. The highest BCUT2D eigenvalue weighted by molar-refractivity contribution is 6.06. The van der Waals surface area contributed by atoms with Crippen molar-refractivity contribution in [3.05, 3.63) is 77.0 Å². The number of amides is 1. The molecular weight excluding hydrogens is 308 g/mol. The fraction of sp³-hybridized carbons (Fsp3) is 0.273. The average molecular weight is 332 g/mol. The van der Waals surface area contributed by atoms with Gasteiger partial charge in [0.1, 0.15) is 0 Å². The van der Waals surface area contributed by atoms with Crippen molar-refractivity contribution >= 4 is 16.8 Å². The van der Waals surface area contributed by atoms with Crippen LogP contribution in [0.4, 0.5) is 0 Å². The molecule has 3 nitrogen and oxygen atoms in total. The van der Waals surface area contributed by atoms with Crippen LogP contribution in [-0.4, -0.2) is 16.9 Å². The van der Waals surface area contributed by atoms with Gasteiger partial charge in [-0.2, -0.15) is 0 Å². The van der Waals surface area contributed by atoms with E-state index >= 15 is 0 Å². The van der Waals surface area contributed by atoms with Gasteiger partial charge in [0.15, 0.2) is 0 Å². The van der Waals surface area contributed by atoms with Gasteiger partial charge in [0, 0.05) is 17.1 Å². The quantitative estimate of drug-likeness (QED) is 0.742. The van der Waals surface area contributed by atoms with Crippen LogP contribution in [-0.2, 0) is 6.42 Å². The molecule has 0 saturated heterocycles. The van der Waals surface area contributed by atoms with Crippen LogP contribution < -0.4 is 5.32 Å². The lowest BCUT2D eigenvalue weighted by atomic mass is 10.0. The van der Waals surface area contributed by atoms with E-state index in [4.69, 9.17) is 0 Å². The molecule has 0 fully saturated rings. The monoisotopic (exact) mass is 332 g/mol. The van der Waals surface area contributed by atoms with Crippen LogP contribution in [0.15, 0.2) is 54.6 Å². The third kappa shape index (κ3) is 4.05. The van der Waals surface area contributed by atoms with Crippen molar-refractivity contribution in [2.75, 3.05) is 0 Å². The SMILES string of the molecule is Cc1cc(C(=O)N[C@H](C)CCc2ccccc2)c2cccc(C)c2n1. The molecule has 1 amide bonds. The second kappa shape index (κ2) is 7.47.